The SMILES string of the molecule is COc1ccc(O)c(C(=O)N(CC(C)C)C2CC2)c1. The van der Waals surface area contributed by atoms with Crippen LogP contribution in [0.15, 0.2) is 18.2 Å². The summed E-state index contributed by atoms with van der Waals surface area (Å²) in [5.74, 6) is 0.909. The second-order valence-electron chi connectivity index (χ2n) is 5.47. The van der Waals surface area contributed by atoms with Crippen molar-refractivity contribution in [1.82, 2.24) is 4.90 Å². The Morgan fingerprint density at radius 3 is 2.68 bits per heavy atom. The molecule has 0 spiro atoms. The fraction of sp³-hybridized carbons (Fsp3) is 0.533. The van der Waals surface area contributed by atoms with Crippen molar-refractivity contribution in [3.8, 4) is 11.5 Å². The van der Waals surface area contributed by atoms with E-state index in [2.05, 4.69) is 13.8 Å². The van der Waals surface area contributed by atoms with Crippen LogP contribution in [0.2, 0.25) is 0 Å². The number of carbonyl (C=O) groups excluding carboxylic acids is 1. The third kappa shape index (κ3) is 3.19. The largest absolute Gasteiger partial charge is 0.507 e. The minimum atomic E-state index is -0.104. The quantitative estimate of drug-likeness (QED) is 0.888. The zero-order valence-corrected chi connectivity index (χ0v) is 11.7. The number of phenols is 1. The van der Waals surface area contributed by atoms with Gasteiger partial charge >= 0.3 is 0 Å². The van der Waals surface area contributed by atoms with E-state index in [1.807, 2.05) is 4.90 Å². The number of aromatic hydroxyl groups is 1. The molecule has 19 heavy (non-hydrogen) atoms. The lowest BCUT2D eigenvalue weighted by molar-refractivity contribution is 0.0719. The highest BCUT2D eigenvalue weighted by molar-refractivity contribution is 5.97. The van der Waals surface area contributed by atoms with Gasteiger partial charge in [0.15, 0.2) is 0 Å². The molecular weight excluding hydrogens is 242 g/mol. The molecule has 0 atom stereocenters. The molecule has 0 aromatic heterocycles. The number of benzene rings is 1. The van der Waals surface area contributed by atoms with Gasteiger partial charge in [-0.3, -0.25) is 4.79 Å². The Kier molecular flexibility index (Phi) is 3.98. The van der Waals surface area contributed by atoms with E-state index in [1.165, 1.54) is 6.07 Å². The normalized spacial score (nSPS) is 14.5. The van der Waals surface area contributed by atoms with Crippen molar-refractivity contribution in [3.05, 3.63) is 23.8 Å². The standard InChI is InChI=1S/C15H21NO3/c1-10(2)9-16(11-4-5-11)15(18)13-8-12(19-3)6-7-14(13)17/h6-8,10-11,17H,4-5,9H2,1-3H3. The Labute approximate surface area is 114 Å². The Hall–Kier alpha value is -1.71. The van der Waals surface area contributed by atoms with Gasteiger partial charge in [-0.2, -0.15) is 0 Å². The maximum atomic E-state index is 12.6. The third-order valence-electron chi connectivity index (χ3n) is 3.24. The van der Waals surface area contributed by atoms with Gasteiger partial charge in [-0.05, 0) is 37.0 Å². The van der Waals surface area contributed by atoms with Crippen LogP contribution in [0.3, 0.4) is 0 Å². The van der Waals surface area contributed by atoms with Crippen molar-refractivity contribution >= 4 is 5.91 Å². The van der Waals surface area contributed by atoms with Crippen LogP contribution in [0.4, 0.5) is 0 Å². The predicted molar refractivity (Wildman–Crippen MR) is 73.6 cm³/mol. The summed E-state index contributed by atoms with van der Waals surface area (Å²) in [6.45, 7) is 4.91. The molecule has 0 saturated heterocycles. The second kappa shape index (κ2) is 5.51. The van der Waals surface area contributed by atoms with Crippen molar-refractivity contribution in [1.29, 1.82) is 0 Å². The van der Waals surface area contributed by atoms with Gasteiger partial charge < -0.3 is 14.7 Å². The van der Waals surface area contributed by atoms with Crippen LogP contribution >= 0.6 is 0 Å². The van der Waals surface area contributed by atoms with E-state index in [9.17, 15) is 9.90 Å². The number of hydrogen-bond acceptors (Lipinski definition) is 3. The summed E-state index contributed by atoms with van der Waals surface area (Å²) in [6, 6.07) is 5.09. The van der Waals surface area contributed by atoms with Crippen LogP contribution in [-0.2, 0) is 0 Å². The number of ether oxygens (including phenoxy) is 1. The van der Waals surface area contributed by atoms with Gasteiger partial charge in [0.25, 0.3) is 5.91 Å². The molecule has 4 nitrogen and oxygen atoms in total. The lowest BCUT2D eigenvalue weighted by Crippen LogP contribution is -2.36. The van der Waals surface area contributed by atoms with E-state index >= 15 is 0 Å². The van der Waals surface area contributed by atoms with E-state index in [1.54, 1.807) is 19.2 Å². The Bertz CT molecular complexity index is 466. The molecule has 2 rings (SSSR count). The smallest absolute Gasteiger partial charge is 0.258 e. The van der Waals surface area contributed by atoms with Crippen LogP contribution < -0.4 is 4.74 Å². The van der Waals surface area contributed by atoms with Crippen LogP contribution in [0.25, 0.3) is 0 Å². The van der Waals surface area contributed by atoms with E-state index in [4.69, 9.17) is 4.74 Å². The first-order chi connectivity index (χ1) is 9.02. The van der Waals surface area contributed by atoms with Gasteiger partial charge in [-0.25, -0.2) is 0 Å². The van der Waals surface area contributed by atoms with Crippen LogP contribution in [-0.4, -0.2) is 35.6 Å². The van der Waals surface area contributed by atoms with Crippen molar-refractivity contribution in [2.24, 2.45) is 5.92 Å². The fourth-order valence-corrected chi connectivity index (χ4v) is 2.15. The molecule has 104 valence electrons. The molecule has 1 fully saturated rings. The monoisotopic (exact) mass is 263 g/mol. The van der Waals surface area contributed by atoms with Gasteiger partial charge in [0.05, 0.1) is 12.7 Å². The number of nitrogens with zero attached hydrogens (tertiary/aromatic N) is 1. The molecule has 0 unspecified atom stereocenters. The first-order valence-corrected chi connectivity index (χ1v) is 6.71. The third-order valence-corrected chi connectivity index (χ3v) is 3.24. The number of phenolic OH excluding ortho intramolecular Hbond substituents is 1. The average molecular weight is 263 g/mol. The van der Waals surface area contributed by atoms with E-state index in [0.29, 0.717) is 23.3 Å². The van der Waals surface area contributed by atoms with Crippen molar-refractivity contribution in [3.63, 3.8) is 0 Å². The predicted octanol–water partition coefficient (Wildman–Crippen LogP) is 2.66. The maximum Gasteiger partial charge on any atom is 0.258 e. The lowest BCUT2D eigenvalue weighted by atomic mass is 10.1. The number of hydrogen-bond donors (Lipinski definition) is 1. The number of carbonyl (C=O) groups is 1. The van der Waals surface area contributed by atoms with E-state index in [0.717, 1.165) is 19.4 Å². The van der Waals surface area contributed by atoms with Crippen LogP contribution in [0.1, 0.15) is 37.0 Å². The van der Waals surface area contributed by atoms with Crippen molar-refractivity contribution in [2.45, 2.75) is 32.7 Å². The van der Waals surface area contributed by atoms with Gasteiger partial charge in [0.1, 0.15) is 11.5 Å². The van der Waals surface area contributed by atoms with Gasteiger partial charge in [-0.15, -0.1) is 0 Å². The summed E-state index contributed by atoms with van der Waals surface area (Å²) in [4.78, 5) is 14.4. The molecule has 0 aliphatic heterocycles. The Morgan fingerprint density at radius 1 is 1.47 bits per heavy atom. The Balaban J connectivity index is 2.25. The number of rotatable bonds is 5. The molecule has 1 aliphatic carbocycles. The second-order valence-corrected chi connectivity index (χ2v) is 5.47. The van der Waals surface area contributed by atoms with Gasteiger partial charge in [0.2, 0.25) is 0 Å². The minimum absolute atomic E-state index is 0.0141. The summed E-state index contributed by atoms with van der Waals surface area (Å²) in [7, 11) is 1.55. The summed E-state index contributed by atoms with van der Waals surface area (Å²) in [5, 5.41) is 9.88. The lowest BCUT2D eigenvalue weighted by Gasteiger charge is -2.25. The Morgan fingerprint density at radius 2 is 2.16 bits per heavy atom. The molecule has 1 amide bonds. The highest BCUT2D eigenvalue weighted by atomic mass is 16.5. The van der Waals surface area contributed by atoms with E-state index < -0.39 is 0 Å². The number of methoxy groups -OCH3 is 1. The molecule has 0 radical (unpaired) electrons. The highest BCUT2D eigenvalue weighted by Gasteiger charge is 2.34. The first-order valence-electron chi connectivity index (χ1n) is 6.71. The van der Waals surface area contributed by atoms with E-state index in [-0.39, 0.29) is 11.7 Å². The molecule has 0 bridgehead atoms. The molecule has 1 aromatic rings. The minimum Gasteiger partial charge on any atom is -0.507 e. The molecule has 4 heteroatoms. The number of amides is 1. The van der Waals surface area contributed by atoms with Crippen molar-refractivity contribution < 1.29 is 14.6 Å². The fourth-order valence-electron chi connectivity index (χ4n) is 2.15. The van der Waals surface area contributed by atoms with Crippen molar-refractivity contribution in [2.75, 3.05) is 13.7 Å². The van der Waals surface area contributed by atoms with Gasteiger partial charge in [-0.1, -0.05) is 13.8 Å². The van der Waals surface area contributed by atoms with Crippen LogP contribution in [0.5, 0.6) is 11.5 Å². The molecule has 1 saturated carbocycles. The van der Waals surface area contributed by atoms with Crippen LogP contribution in [0, 0.1) is 5.92 Å². The molecular formula is C15H21NO3. The molecule has 1 aliphatic rings. The summed E-state index contributed by atoms with van der Waals surface area (Å²) in [5.41, 5.74) is 0.326. The summed E-state index contributed by atoms with van der Waals surface area (Å²) < 4.78 is 5.12. The average Bonchev–Trinajstić information content (AvgIpc) is 3.20. The first kappa shape index (κ1) is 13.7. The summed E-state index contributed by atoms with van der Waals surface area (Å²) >= 11 is 0. The highest BCUT2D eigenvalue weighted by Crippen LogP contribution is 2.32. The molecule has 1 aromatic carbocycles. The molecule has 0 heterocycles. The molecule has 1 N–H and O–H groups in total. The zero-order valence-electron chi connectivity index (χ0n) is 11.7. The summed E-state index contributed by atoms with van der Waals surface area (Å²) in [6.07, 6.45) is 2.12. The zero-order chi connectivity index (χ0) is 14.0. The maximum absolute atomic E-state index is 12.6. The van der Waals surface area contributed by atoms with Gasteiger partial charge in [0, 0.05) is 12.6 Å². The topological polar surface area (TPSA) is 49.8 Å².